The Morgan fingerprint density at radius 2 is 1.96 bits per heavy atom. The summed E-state index contributed by atoms with van der Waals surface area (Å²) in [4.78, 5) is 33.8. The summed E-state index contributed by atoms with van der Waals surface area (Å²) in [5, 5.41) is 26.4. The number of phenolic OH excluding ortho intramolecular Hbond substituents is 1. The highest BCUT2D eigenvalue weighted by molar-refractivity contribution is 6.39. The van der Waals surface area contributed by atoms with E-state index >= 15 is 0 Å². The Balaban J connectivity index is 2.02. The van der Waals surface area contributed by atoms with Crippen LogP contribution in [0.2, 0.25) is 0 Å². The molecule has 2 aromatic carbocycles. The minimum Gasteiger partial charge on any atom is -0.507 e. The van der Waals surface area contributed by atoms with E-state index in [2.05, 4.69) is 10.4 Å². The number of hydrogen-bond donors (Lipinski definition) is 3. The number of aryl methyl sites for hydroxylation is 1. The first-order chi connectivity index (χ1) is 12.4. The molecule has 2 aromatic rings. The lowest BCUT2D eigenvalue weighted by Crippen LogP contribution is -2.32. The normalized spacial score (nSPS) is 10.5. The fourth-order valence-corrected chi connectivity index (χ4v) is 2.10. The molecule has 0 fully saturated rings. The Labute approximate surface area is 148 Å². The molecule has 9 heteroatoms. The molecule has 2 rings (SSSR count). The van der Waals surface area contributed by atoms with E-state index in [1.54, 1.807) is 12.1 Å². The SMILES string of the molecule is CCc1ccccc1NC(=O)C(=O)N/N=C\c1cc([N+](=O)[O-])ccc1O. The number of carbonyl (C=O) groups excluding carboxylic acids is 2. The Hall–Kier alpha value is -3.75. The maximum absolute atomic E-state index is 11.9. The predicted molar refractivity (Wildman–Crippen MR) is 94.9 cm³/mol. The zero-order chi connectivity index (χ0) is 19.1. The molecule has 0 atom stereocenters. The number of benzene rings is 2. The van der Waals surface area contributed by atoms with Crippen LogP contribution in [0.3, 0.4) is 0 Å². The third-order valence-corrected chi connectivity index (χ3v) is 3.44. The van der Waals surface area contributed by atoms with E-state index in [-0.39, 0.29) is 17.0 Å². The molecule has 0 aliphatic carbocycles. The molecule has 2 amide bonds. The van der Waals surface area contributed by atoms with Gasteiger partial charge in [-0.25, -0.2) is 5.43 Å². The molecule has 0 saturated carbocycles. The lowest BCUT2D eigenvalue weighted by atomic mass is 10.1. The highest BCUT2D eigenvalue weighted by atomic mass is 16.6. The van der Waals surface area contributed by atoms with Crippen molar-refractivity contribution in [1.29, 1.82) is 0 Å². The predicted octanol–water partition coefficient (Wildman–Crippen LogP) is 1.95. The zero-order valence-corrected chi connectivity index (χ0v) is 13.8. The summed E-state index contributed by atoms with van der Waals surface area (Å²) < 4.78 is 0. The van der Waals surface area contributed by atoms with Crippen LogP contribution >= 0.6 is 0 Å². The molecular weight excluding hydrogens is 340 g/mol. The number of anilines is 1. The number of para-hydroxylation sites is 1. The van der Waals surface area contributed by atoms with Crippen molar-refractivity contribution in [3.05, 3.63) is 63.7 Å². The molecule has 0 spiro atoms. The average Bonchev–Trinajstić information content (AvgIpc) is 2.63. The van der Waals surface area contributed by atoms with Crippen LogP contribution in [-0.2, 0) is 16.0 Å². The van der Waals surface area contributed by atoms with Gasteiger partial charge < -0.3 is 10.4 Å². The number of hydrazone groups is 1. The highest BCUT2D eigenvalue weighted by Gasteiger charge is 2.14. The van der Waals surface area contributed by atoms with E-state index in [4.69, 9.17) is 0 Å². The van der Waals surface area contributed by atoms with Crippen LogP contribution < -0.4 is 10.7 Å². The van der Waals surface area contributed by atoms with Gasteiger partial charge in [-0.05, 0) is 24.1 Å². The molecular formula is C17H16N4O5. The zero-order valence-electron chi connectivity index (χ0n) is 13.8. The second kappa shape index (κ2) is 8.38. The van der Waals surface area contributed by atoms with Gasteiger partial charge in [-0.3, -0.25) is 19.7 Å². The van der Waals surface area contributed by atoms with Crippen molar-refractivity contribution in [3.63, 3.8) is 0 Å². The van der Waals surface area contributed by atoms with E-state index in [0.717, 1.165) is 30.0 Å². The first-order valence-corrected chi connectivity index (χ1v) is 7.62. The van der Waals surface area contributed by atoms with Crippen molar-refractivity contribution in [2.75, 3.05) is 5.32 Å². The number of phenols is 1. The van der Waals surface area contributed by atoms with Crippen molar-refractivity contribution < 1.29 is 19.6 Å². The molecule has 0 radical (unpaired) electrons. The lowest BCUT2D eigenvalue weighted by Gasteiger charge is -2.08. The van der Waals surface area contributed by atoms with Gasteiger partial charge in [-0.1, -0.05) is 25.1 Å². The number of nitro benzene ring substituents is 1. The van der Waals surface area contributed by atoms with Crippen molar-refractivity contribution in [2.45, 2.75) is 13.3 Å². The lowest BCUT2D eigenvalue weighted by molar-refractivity contribution is -0.384. The topological polar surface area (TPSA) is 134 Å². The van der Waals surface area contributed by atoms with Crippen LogP contribution in [0, 0.1) is 10.1 Å². The van der Waals surface area contributed by atoms with Crippen LogP contribution in [-0.4, -0.2) is 28.1 Å². The number of rotatable bonds is 5. The summed E-state index contributed by atoms with van der Waals surface area (Å²) in [5.74, 6) is -2.18. The van der Waals surface area contributed by atoms with Crippen LogP contribution in [0.1, 0.15) is 18.1 Å². The average molecular weight is 356 g/mol. The molecule has 26 heavy (non-hydrogen) atoms. The molecule has 0 aliphatic heterocycles. The second-order valence-electron chi connectivity index (χ2n) is 5.16. The summed E-state index contributed by atoms with van der Waals surface area (Å²) in [6.07, 6.45) is 1.69. The first-order valence-electron chi connectivity index (χ1n) is 7.62. The van der Waals surface area contributed by atoms with Gasteiger partial charge in [0.15, 0.2) is 0 Å². The number of hydrogen-bond acceptors (Lipinski definition) is 6. The van der Waals surface area contributed by atoms with Gasteiger partial charge in [-0.2, -0.15) is 5.10 Å². The standard InChI is InChI=1S/C17H16N4O5/c1-2-11-5-3-4-6-14(11)19-16(23)17(24)20-18-10-12-9-13(21(25)26)7-8-15(12)22/h3-10,22H,2H2,1H3,(H,19,23)(H,20,24)/b18-10-. The fourth-order valence-electron chi connectivity index (χ4n) is 2.10. The minimum absolute atomic E-state index is 0.0243. The molecule has 3 N–H and O–H groups in total. The minimum atomic E-state index is -1.02. The molecule has 0 aromatic heterocycles. The van der Waals surface area contributed by atoms with E-state index in [1.807, 2.05) is 24.5 Å². The number of nitrogens with one attached hydrogen (secondary N) is 2. The monoisotopic (exact) mass is 356 g/mol. The van der Waals surface area contributed by atoms with Crippen LogP contribution in [0.15, 0.2) is 47.6 Å². The van der Waals surface area contributed by atoms with Crippen LogP contribution in [0.5, 0.6) is 5.75 Å². The molecule has 0 bridgehead atoms. The fraction of sp³-hybridized carbons (Fsp3) is 0.118. The molecule has 0 saturated heterocycles. The summed E-state index contributed by atoms with van der Waals surface area (Å²) >= 11 is 0. The first kappa shape index (κ1) is 18.6. The van der Waals surface area contributed by atoms with Crippen LogP contribution in [0.25, 0.3) is 0 Å². The summed E-state index contributed by atoms with van der Waals surface area (Å²) in [6, 6.07) is 10.4. The van der Waals surface area contributed by atoms with Crippen molar-refractivity contribution in [2.24, 2.45) is 5.10 Å². The van der Waals surface area contributed by atoms with E-state index in [1.165, 1.54) is 0 Å². The number of nitro groups is 1. The Bertz CT molecular complexity index is 879. The molecule has 0 heterocycles. The van der Waals surface area contributed by atoms with Gasteiger partial charge in [0.1, 0.15) is 5.75 Å². The smallest absolute Gasteiger partial charge is 0.329 e. The van der Waals surface area contributed by atoms with E-state index < -0.39 is 16.7 Å². The van der Waals surface area contributed by atoms with Gasteiger partial charge in [0.05, 0.1) is 11.1 Å². The van der Waals surface area contributed by atoms with Gasteiger partial charge in [0.2, 0.25) is 0 Å². The second-order valence-corrected chi connectivity index (χ2v) is 5.16. The van der Waals surface area contributed by atoms with Gasteiger partial charge >= 0.3 is 11.8 Å². The highest BCUT2D eigenvalue weighted by Crippen LogP contribution is 2.21. The third-order valence-electron chi connectivity index (χ3n) is 3.44. The molecule has 0 unspecified atom stereocenters. The quantitative estimate of drug-likeness (QED) is 0.326. The number of non-ortho nitro benzene ring substituents is 1. The van der Waals surface area contributed by atoms with E-state index in [0.29, 0.717) is 12.1 Å². The number of amides is 2. The Kier molecular flexibility index (Phi) is 5.99. The summed E-state index contributed by atoms with van der Waals surface area (Å²) in [5.41, 5.74) is 3.18. The summed E-state index contributed by atoms with van der Waals surface area (Å²) in [7, 11) is 0. The molecule has 9 nitrogen and oxygen atoms in total. The number of aromatic hydroxyl groups is 1. The Morgan fingerprint density at radius 3 is 2.65 bits per heavy atom. The third kappa shape index (κ3) is 4.63. The molecule has 134 valence electrons. The van der Waals surface area contributed by atoms with Crippen molar-refractivity contribution >= 4 is 29.4 Å². The van der Waals surface area contributed by atoms with Crippen LogP contribution in [0.4, 0.5) is 11.4 Å². The Morgan fingerprint density at radius 1 is 1.23 bits per heavy atom. The summed E-state index contributed by atoms with van der Waals surface area (Å²) in [6.45, 7) is 1.92. The number of carbonyl (C=O) groups is 2. The van der Waals surface area contributed by atoms with Crippen molar-refractivity contribution in [1.82, 2.24) is 5.43 Å². The maximum Gasteiger partial charge on any atom is 0.329 e. The van der Waals surface area contributed by atoms with Gasteiger partial charge in [0.25, 0.3) is 5.69 Å². The number of nitrogens with zero attached hydrogens (tertiary/aromatic N) is 2. The van der Waals surface area contributed by atoms with Gasteiger partial charge in [-0.15, -0.1) is 0 Å². The van der Waals surface area contributed by atoms with Gasteiger partial charge in [0, 0.05) is 23.4 Å². The largest absolute Gasteiger partial charge is 0.507 e. The molecule has 0 aliphatic rings. The van der Waals surface area contributed by atoms with Crippen molar-refractivity contribution in [3.8, 4) is 5.75 Å². The van der Waals surface area contributed by atoms with E-state index in [9.17, 15) is 24.8 Å². The maximum atomic E-state index is 11.9.